The summed E-state index contributed by atoms with van der Waals surface area (Å²) in [5.41, 5.74) is 7.87. The van der Waals surface area contributed by atoms with Crippen LogP contribution in [-0.4, -0.2) is 18.6 Å². The number of nitrogen functional groups attached to an aromatic ring is 1. The van der Waals surface area contributed by atoms with E-state index in [9.17, 15) is 8.42 Å². The molecule has 0 spiro atoms. The molecule has 0 atom stereocenters. The molecule has 0 saturated heterocycles. The zero-order chi connectivity index (χ0) is 14.0. The van der Waals surface area contributed by atoms with Crippen LogP contribution in [0.5, 0.6) is 0 Å². The summed E-state index contributed by atoms with van der Waals surface area (Å²) in [4.78, 5) is 0.122. The predicted octanol–water partition coefficient (Wildman–Crippen LogP) is 1.66. The molecule has 0 bridgehead atoms. The van der Waals surface area contributed by atoms with Crippen LogP contribution in [0, 0.1) is 6.92 Å². The number of aromatic nitrogens is 2. The lowest BCUT2D eigenvalue weighted by Gasteiger charge is -2.07. The average Bonchev–Trinajstić information content (AvgIpc) is 2.79. The van der Waals surface area contributed by atoms with E-state index in [0.717, 1.165) is 17.7 Å². The van der Waals surface area contributed by atoms with E-state index in [2.05, 4.69) is 14.9 Å². The number of aromatic amines is 1. The summed E-state index contributed by atoms with van der Waals surface area (Å²) in [5, 5.41) is 6.64. The van der Waals surface area contributed by atoms with Crippen molar-refractivity contribution in [3.63, 3.8) is 0 Å². The number of nitrogens with zero attached hydrogens (tertiary/aromatic N) is 1. The molecular weight excluding hydrogens is 264 g/mol. The highest BCUT2D eigenvalue weighted by atomic mass is 32.2. The molecule has 0 aliphatic heterocycles. The molecule has 0 saturated carbocycles. The molecule has 4 N–H and O–H groups in total. The highest BCUT2D eigenvalue weighted by molar-refractivity contribution is 7.92. The van der Waals surface area contributed by atoms with Gasteiger partial charge in [-0.3, -0.25) is 9.82 Å². The Kier molecular flexibility index (Phi) is 3.48. The minimum atomic E-state index is -3.66. The van der Waals surface area contributed by atoms with Gasteiger partial charge in [0, 0.05) is 17.4 Å². The predicted molar refractivity (Wildman–Crippen MR) is 74.4 cm³/mol. The molecular formula is C12H16N4O2S. The van der Waals surface area contributed by atoms with E-state index in [1.165, 1.54) is 12.1 Å². The lowest BCUT2D eigenvalue weighted by molar-refractivity contribution is 0.601. The van der Waals surface area contributed by atoms with Gasteiger partial charge in [-0.2, -0.15) is 5.10 Å². The van der Waals surface area contributed by atoms with Gasteiger partial charge in [-0.05, 0) is 31.0 Å². The molecule has 0 unspecified atom stereocenters. The summed E-state index contributed by atoms with van der Waals surface area (Å²) in [5.74, 6) is 0.274. The number of anilines is 2. The quantitative estimate of drug-likeness (QED) is 0.741. The molecule has 0 fully saturated rings. The fraction of sp³-hybridized carbons (Fsp3) is 0.250. The van der Waals surface area contributed by atoms with Crippen molar-refractivity contribution in [2.24, 2.45) is 0 Å². The molecule has 2 aromatic rings. The van der Waals surface area contributed by atoms with Crippen LogP contribution in [0.15, 0.2) is 29.2 Å². The first kappa shape index (κ1) is 13.4. The minimum absolute atomic E-state index is 0.122. The minimum Gasteiger partial charge on any atom is -0.398 e. The van der Waals surface area contributed by atoms with Gasteiger partial charge < -0.3 is 5.73 Å². The summed E-state index contributed by atoms with van der Waals surface area (Å²) in [7, 11) is -3.66. The molecule has 1 aromatic heterocycles. The number of hydrogen-bond acceptors (Lipinski definition) is 4. The Labute approximate surface area is 112 Å². The summed E-state index contributed by atoms with van der Waals surface area (Å²) >= 11 is 0. The van der Waals surface area contributed by atoms with Crippen LogP contribution < -0.4 is 10.5 Å². The molecule has 19 heavy (non-hydrogen) atoms. The van der Waals surface area contributed by atoms with Gasteiger partial charge in [-0.1, -0.05) is 13.0 Å². The largest absolute Gasteiger partial charge is 0.398 e. The smallest absolute Gasteiger partial charge is 0.263 e. The van der Waals surface area contributed by atoms with E-state index in [0.29, 0.717) is 5.69 Å². The Morgan fingerprint density at radius 3 is 2.68 bits per heavy atom. The molecule has 102 valence electrons. The zero-order valence-electron chi connectivity index (χ0n) is 10.8. The van der Waals surface area contributed by atoms with E-state index >= 15 is 0 Å². The maximum atomic E-state index is 12.1. The highest BCUT2D eigenvalue weighted by Gasteiger charge is 2.16. The molecule has 6 nitrogen and oxygen atoms in total. The summed E-state index contributed by atoms with van der Waals surface area (Å²) in [6.07, 6.45) is 0.756. The van der Waals surface area contributed by atoms with Gasteiger partial charge in [-0.15, -0.1) is 0 Å². The van der Waals surface area contributed by atoms with Crippen molar-refractivity contribution in [1.82, 2.24) is 10.2 Å². The first-order valence-corrected chi connectivity index (χ1v) is 7.34. The molecule has 0 radical (unpaired) electrons. The second kappa shape index (κ2) is 4.93. The number of benzene rings is 1. The summed E-state index contributed by atoms with van der Waals surface area (Å²) in [6, 6.07) is 6.29. The second-order valence-corrected chi connectivity index (χ2v) is 5.94. The first-order valence-electron chi connectivity index (χ1n) is 5.85. The monoisotopic (exact) mass is 280 g/mol. The summed E-state index contributed by atoms with van der Waals surface area (Å²) < 4.78 is 26.7. The van der Waals surface area contributed by atoms with E-state index in [4.69, 9.17) is 5.73 Å². The number of sulfonamides is 1. The fourth-order valence-electron chi connectivity index (χ4n) is 1.58. The van der Waals surface area contributed by atoms with Crippen molar-refractivity contribution in [3.8, 4) is 0 Å². The average molecular weight is 280 g/mol. The number of aryl methyl sites for hydroxylation is 2. The van der Waals surface area contributed by atoms with Crippen LogP contribution in [0.3, 0.4) is 0 Å². The van der Waals surface area contributed by atoms with Crippen molar-refractivity contribution in [2.45, 2.75) is 25.2 Å². The fourth-order valence-corrected chi connectivity index (χ4v) is 2.60. The van der Waals surface area contributed by atoms with Gasteiger partial charge in [0.1, 0.15) is 0 Å². The Hall–Kier alpha value is -2.02. The number of nitrogens with two attached hydrogens (primary N) is 1. The third kappa shape index (κ3) is 2.87. The lowest BCUT2D eigenvalue weighted by Crippen LogP contribution is -2.13. The topological polar surface area (TPSA) is 101 Å². The van der Waals surface area contributed by atoms with Gasteiger partial charge in [-0.25, -0.2) is 8.42 Å². The van der Waals surface area contributed by atoms with Crippen LogP contribution in [0.1, 0.15) is 18.2 Å². The maximum absolute atomic E-state index is 12.1. The third-order valence-corrected chi connectivity index (χ3v) is 4.16. The lowest BCUT2D eigenvalue weighted by atomic mass is 10.2. The standard InChI is InChI=1S/C12H16N4O2S/c1-3-9-6-12(15-14-9)16-19(17,18)10-5-4-8(2)11(13)7-10/h4-7H,3,13H2,1-2H3,(H2,14,15,16). The Morgan fingerprint density at radius 2 is 2.11 bits per heavy atom. The summed E-state index contributed by atoms with van der Waals surface area (Å²) in [6.45, 7) is 3.77. The number of nitrogens with one attached hydrogen (secondary N) is 2. The van der Waals surface area contributed by atoms with Crippen LogP contribution in [0.25, 0.3) is 0 Å². The molecule has 7 heteroatoms. The van der Waals surface area contributed by atoms with E-state index in [1.807, 2.05) is 13.8 Å². The molecule has 0 amide bonds. The number of H-pyrrole nitrogens is 1. The maximum Gasteiger partial charge on any atom is 0.263 e. The van der Waals surface area contributed by atoms with E-state index in [-0.39, 0.29) is 10.7 Å². The SMILES string of the molecule is CCc1cc(NS(=O)(=O)c2ccc(C)c(N)c2)n[nH]1. The van der Waals surface area contributed by atoms with Crippen LogP contribution in [0.4, 0.5) is 11.5 Å². The normalized spacial score (nSPS) is 11.5. The van der Waals surface area contributed by atoms with Gasteiger partial charge in [0.15, 0.2) is 5.82 Å². The van der Waals surface area contributed by atoms with E-state index < -0.39 is 10.0 Å². The van der Waals surface area contributed by atoms with Crippen molar-refractivity contribution < 1.29 is 8.42 Å². The second-order valence-electron chi connectivity index (χ2n) is 4.26. The first-order chi connectivity index (χ1) is 8.92. The molecule has 0 aliphatic carbocycles. The Bertz CT molecular complexity index is 692. The van der Waals surface area contributed by atoms with Crippen LogP contribution >= 0.6 is 0 Å². The van der Waals surface area contributed by atoms with Crippen molar-refractivity contribution in [1.29, 1.82) is 0 Å². The zero-order valence-corrected chi connectivity index (χ0v) is 11.6. The van der Waals surface area contributed by atoms with Crippen LogP contribution in [0.2, 0.25) is 0 Å². The van der Waals surface area contributed by atoms with Gasteiger partial charge in [0.2, 0.25) is 0 Å². The van der Waals surface area contributed by atoms with Crippen LogP contribution in [-0.2, 0) is 16.4 Å². The Morgan fingerprint density at radius 1 is 1.37 bits per heavy atom. The van der Waals surface area contributed by atoms with Crippen molar-refractivity contribution >= 4 is 21.5 Å². The van der Waals surface area contributed by atoms with E-state index in [1.54, 1.807) is 12.1 Å². The Balaban J connectivity index is 2.29. The number of hydrogen-bond donors (Lipinski definition) is 3. The van der Waals surface area contributed by atoms with Gasteiger partial charge in [0.05, 0.1) is 4.90 Å². The van der Waals surface area contributed by atoms with Gasteiger partial charge in [0.25, 0.3) is 10.0 Å². The number of rotatable bonds is 4. The molecule has 0 aliphatic rings. The molecule has 2 rings (SSSR count). The molecule has 1 aromatic carbocycles. The highest BCUT2D eigenvalue weighted by Crippen LogP contribution is 2.19. The molecule has 1 heterocycles. The van der Waals surface area contributed by atoms with Crippen molar-refractivity contribution in [3.05, 3.63) is 35.5 Å². The van der Waals surface area contributed by atoms with Gasteiger partial charge >= 0.3 is 0 Å². The van der Waals surface area contributed by atoms with Crippen molar-refractivity contribution in [2.75, 3.05) is 10.5 Å². The third-order valence-electron chi connectivity index (χ3n) is 2.81.